The number of halogens is 2. The molecule has 0 unspecified atom stereocenters. The predicted octanol–water partition coefficient (Wildman–Crippen LogP) is 2.50. The van der Waals surface area contributed by atoms with Crippen molar-refractivity contribution >= 4 is 29.3 Å². The van der Waals surface area contributed by atoms with E-state index in [9.17, 15) is 28.0 Å². The van der Waals surface area contributed by atoms with Crippen LogP contribution in [0.5, 0.6) is 0 Å². The van der Waals surface area contributed by atoms with Crippen molar-refractivity contribution in [2.75, 3.05) is 31.6 Å². The predicted molar refractivity (Wildman–Crippen MR) is 124 cm³/mol. The molecule has 0 spiro atoms. The van der Waals surface area contributed by atoms with Gasteiger partial charge in [-0.15, -0.1) is 0 Å². The Labute approximate surface area is 202 Å². The Hall–Kier alpha value is -3.08. The number of carbonyl (C=O) groups excluding carboxylic acids is 4. The first-order chi connectivity index (χ1) is 16.7. The standard InChI is InChI=1S/C24H32F2N4O5/c1-2-6-19(20(31)21(32)27-18-14-16(25)13-17(26)15-18)28-22(33)24(7-4-3-5-8-24)29-23(34)30-9-11-35-12-10-30/h13-15,19H,2-12H2,1H3,(H,27,32)(H,28,33)(H,29,34)/t19-/m0/s1. The number of morpholine rings is 1. The van der Waals surface area contributed by atoms with Gasteiger partial charge in [0.05, 0.1) is 19.3 Å². The number of nitrogens with zero attached hydrogens (tertiary/aromatic N) is 1. The topological polar surface area (TPSA) is 117 Å². The molecule has 0 aromatic heterocycles. The lowest BCUT2D eigenvalue weighted by molar-refractivity contribution is -0.138. The molecule has 11 heteroatoms. The Bertz CT molecular complexity index is 926. The molecule has 2 aliphatic rings. The van der Waals surface area contributed by atoms with Gasteiger partial charge in [-0.3, -0.25) is 14.4 Å². The van der Waals surface area contributed by atoms with Gasteiger partial charge in [-0.2, -0.15) is 0 Å². The largest absolute Gasteiger partial charge is 0.378 e. The molecule has 3 N–H and O–H groups in total. The van der Waals surface area contributed by atoms with Crippen LogP contribution in [0.4, 0.5) is 19.3 Å². The first-order valence-corrected chi connectivity index (χ1v) is 12.0. The van der Waals surface area contributed by atoms with Gasteiger partial charge in [0.2, 0.25) is 11.7 Å². The summed E-state index contributed by atoms with van der Waals surface area (Å²) >= 11 is 0. The van der Waals surface area contributed by atoms with Gasteiger partial charge in [0.25, 0.3) is 5.91 Å². The van der Waals surface area contributed by atoms with E-state index in [2.05, 4.69) is 16.0 Å². The third-order valence-electron chi connectivity index (χ3n) is 6.33. The van der Waals surface area contributed by atoms with E-state index >= 15 is 0 Å². The number of nitrogens with one attached hydrogen (secondary N) is 3. The molecule has 1 saturated carbocycles. The molecular formula is C24H32F2N4O5. The summed E-state index contributed by atoms with van der Waals surface area (Å²) in [6.07, 6.45) is 3.89. The van der Waals surface area contributed by atoms with Crippen molar-refractivity contribution in [3.63, 3.8) is 0 Å². The fraction of sp³-hybridized carbons (Fsp3) is 0.583. The molecule has 2 fully saturated rings. The van der Waals surface area contributed by atoms with Crippen molar-refractivity contribution in [2.24, 2.45) is 0 Å². The van der Waals surface area contributed by atoms with Crippen LogP contribution >= 0.6 is 0 Å². The molecule has 0 bridgehead atoms. The molecule has 3 rings (SSSR count). The number of anilines is 1. The van der Waals surface area contributed by atoms with Gasteiger partial charge >= 0.3 is 6.03 Å². The van der Waals surface area contributed by atoms with E-state index in [-0.39, 0.29) is 18.1 Å². The van der Waals surface area contributed by atoms with E-state index in [1.807, 2.05) is 0 Å². The summed E-state index contributed by atoms with van der Waals surface area (Å²) in [6.45, 7) is 3.47. The molecule has 1 heterocycles. The fourth-order valence-electron chi connectivity index (χ4n) is 4.45. The van der Waals surface area contributed by atoms with Gasteiger partial charge in [-0.05, 0) is 31.4 Å². The molecule has 192 valence electrons. The van der Waals surface area contributed by atoms with E-state index in [4.69, 9.17) is 4.74 Å². The fourth-order valence-corrected chi connectivity index (χ4v) is 4.45. The SMILES string of the molecule is CCC[C@H](NC(=O)C1(NC(=O)N2CCOCC2)CCCCC1)C(=O)C(=O)Nc1cc(F)cc(F)c1. The van der Waals surface area contributed by atoms with E-state index in [0.717, 1.165) is 31.4 Å². The van der Waals surface area contributed by atoms with Crippen LogP contribution in [-0.4, -0.2) is 66.4 Å². The third-order valence-corrected chi connectivity index (χ3v) is 6.33. The lowest BCUT2D eigenvalue weighted by atomic mass is 9.80. The van der Waals surface area contributed by atoms with Gasteiger partial charge in [0.1, 0.15) is 17.2 Å². The Morgan fingerprint density at radius 3 is 2.26 bits per heavy atom. The minimum absolute atomic E-state index is 0.184. The maximum absolute atomic E-state index is 13.4. The smallest absolute Gasteiger partial charge is 0.318 e. The van der Waals surface area contributed by atoms with Gasteiger partial charge in [-0.1, -0.05) is 32.6 Å². The number of ether oxygens (including phenoxy) is 1. The summed E-state index contributed by atoms with van der Waals surface area (Å²) in [5.41, 5.74) is -1.40. The second kappa shape index (κ2) is 12.1. The second-order valence-corrected chi connectivity index (χ2v) is 8.96. The third kappa shape index (κ3) is 6.97. The van der Waals surface area contributed by atoms with Gasteiger partial charge < -0.3 is 25.6 Å². The molecule has 1 saturated heterocycles. The highest BCUT2D eigenvalue weighted by Gasteiger charge is 2.43. The number of amides is 4. The van der Waals surface area contributed by atoms with Crippen LogP contribution in [0, 0.1) is 11.6 Å². The number of ketones is 1. The zero-order valence-corrected chi connectivity index (χ0v) is 19.8. The van der Waals surface area contributed by atoms with Crippen molar-refractivity contribution in [3.8, 4) is 0 Å². The van der Waals surface area contributed by atoms with Crippen molar-refractivity contribution in [2.45, 2.75) is 63.5 Å². The number of carbonyl (C=O) groups is 4. The Morgan fingerprint density at radius 1 is 1.03 bits per heavy atom. The maximum atomic E-state index is 13.4. The minimum Gasteiger partial charge on any atom is -0.378 e. The molecule has 9 nitrogen and oxygen atoms in total. The number of hydrogen-bond donors (Lipinski definition) is 3. The second-order valence-electron chi connectivity index (χ2n) is 8.96. The molecule has 1 aromatic carbocycles. The minimum atomic E-state index is -1.19. The zero-order chi connectivity index (χ0) is 25.4. The average molecular weight is 495 g/mol. The first-order valence-electron chi connectivity index (χ1n) is 12.0. The van der Waals surface area contributed by atoms with Crippen LogP contribution in [0.1, 0.15) is 51.9 Å². The number of Topliss-reactive ketones (excluding diaryl/α,β-unsaturated/α-hetero) is 1. The van der Waals surface area contributed by atoms with Crippen LogP contribution in [0.15, 0.2) is 18.2 Å². The normalized spacial score (nSPS) is 18.3. The Morgan fingerprint density at radius 2 is 1.66 bits per heavy atom. The van der Waals surface area contributed by atoms with Crippen LogP contribution in [0.25, 0.3) is 0 Å². The number of urea groups is 1. The molecular weight excluding hydrogens is 462 g/mol. The zero-order valence-electron chi connectivity index (χ0n) is 19.8. The first kappa shape index (κ1) is 26.5. The number of rotatable bonds is 8. The molecule has 4 amide bonds. The van der Waals surface area contributed by atoms with Crippen LogP contribution in [0.3, 0.4) is 0 Å². The summed E-state index contributed by atoms with van der Waals surface area (Å²) in [5, 5.41) is 7.76. The lowest BCUT2D eigenvalue weighted by Gasteiger charge is -2.39. The van der Waals surface area contributed by atoms with Crippen molar-refractivity contribution < 1.29 is 32.7 Å². The monoisotopic (exact) mass is 494 g/mol. The van der Waals surface area contributed by atoms with Crippen molar-refractivity contribution in [3.05, 3.63) is 29.8 Å². The van der Waals surface area contributed by atoms with E-state index < -0.39 is 40.8 Å². The highest BCUT2D eigenvalue weighted by atomic mass is 19.1. The Balaban J connectivity index is 1.71. The molecule has 1 aliphatic heterocycles. The molecule has 35 heavy (non-hydrogen) atoms. The van der Waals surface area contributed by atoms with E-state index in [0.29, 0.717) is 51.6 Å². The summed E-state index contributed by atoms with van der Waals surface area (Å²) < 4.78 is 32.2. The van der Waals surface area contributed by atoms with Gasteiger partial charge in [0.15, 0.2) is 0 Å². The molecule has 0 radical (unpaired) electrons. The van der Waals surface area contributed by atoms with Crippen LogP contribution in [-0.2, 0) is 19.1 Å². The summed E-state index contributed by atoms with van der Waals surface area (Å²) in [6, 6.07) is 0.908. The van der Waals surface area contributed by atoms with Crippen molar-refractivity contribution in [1.82, 2.24) is 15.5 Å². The molecule has 1 atom stereocenters. The number of hydrogen-bond acceptors (Lipinski definition) is 5. The highest BCUT2D eigenvalue weighted by molar-refractivity contribution is 6.42. The van der Waals surface area contributed by atoms with Crippen LogP contribution < -0.4 is 16.0 Å². The molecule has 1 aromatic rings. The van der Waals surface area contributed by atoms with Crippen molar-refractivity contribution in [1.29, 1.82) is 0 Å². The van der Waals surface area contributed by atoms with E-state index in [1.165, 1.54) is 0 Å². The molecule has 1 aliphatic carbocycles. The summed E-state index contributed by atoms with van der Waals surface area (Å²) in [7, 11) is 0. The Kier molecular flexibility index (Phi) is 9.13. The van der Waals surface area contributed by atoms with Crippen LogP contribution in [0.2, 0.25) is 0 Å². The summed E-state index contributed by atoms with van der Waals surface area (Å²) in [5.74, 6) is -4.35. The highest BCUT2D eigenvalue weighted by Crippen LogP contribution is 2.29. The van der Waals surface area contributed by atoms with E-state index in [1.54, 1.807) is 11.8 Å². The quantitative estimate of drug-likeness (QED) is 0.480. The lowest BCUT2D eigenvalue weighted by Crippen LogP contribution is -2.64. The maximum Gasteiger partial charge on any atom is 0.318 e. The number of benzene rings is 1. The van der Waals surface area contributed by atoms with Gasteiger partial charge in [-0.25, -0.2) is 13.6 Å². The average Bonchev–Trinajstić information content (AvgIpc) is 2.83. The summed E-state index contributed by atoms with van der Waals surface area (Å²) in [4.78, 5) is 53.3. The van der Waals surface area contributed by atoms with Gasteiger partial charge in [0, 0.05) is 24.8 Å².